The Morgan fingerprint density at radius 2 is 2.04 bits per heavy atom. The first-order chi connectivity index (χ1) is 11.2. The van der Waals surface area contributed by atoms with E-state index in [1.807, 2.05) is 24.3 Å². The molecule has 1 aliphatic carbocycles. The van der Waals surface area contributed by atoms with Crippen molar-refractivity contribution < 1.29 is 13.7 Å². The summed E-state index contributed by atoms with van der Waals surface area (Å²) < 4.78 is 10.6. The number of hydrogen-bond acceptors (Lipinski definition) is 5. The lowest BCUT2D eigenvalue weighted by atomic mass is 10.1. The number of anilines is 1. The Labute approximate surface area is 132 Å². The van der Waals surface area contributed by atoms with Crippen molar-refractivity contribution in [3.05, 3.63) is 36.1 Å². The lowest BCUT2D eigenvalue weighted by Crippen LogP contribution is -2.33. The first-order valence-electron chi connectivity index (χ1n) is 7.76. The minimum absolute atomic E-state index is 0.0285. The lowest BCUT2D eigenvalue weighted by molar-refractivity contribution is 0.0939. The molecular formula is C17H17N3O3. The number of nitrogen functional groups attached to an aromatic ring is 1. The molecule has 0 bridgehead atoms. The zero-order valence-electron chi connectivity index (χ0n) is 12.5. The van der Waals surface area contributed by atoms with E-state index in [0.717, 1.165) is 36.7 Å². The van der Waals surface area contributed by atoms with Crippen molar-refractivity contribution in [2.24, 2.45) is 0 Å². The van der Waals surface area contributed by atoms with E-state index < -0.39 is 0 Å². The second-order valence-corrected chi connectivity index (χ2v) is 5.87. The van der Waals surface area contributed by atoms with Crippen molar-refractivity contribution in [1.29, 1.82) is 0 Å². The second kappa shape index (κ2) is 5.46. The molecule has 0 saturated heterocycles. The van der Waals surface area contributed by atoms with E-state index >= 15 is 0 Å². The Kier molecular flexibility index (Phi) is 3.29. The molecule has 6 heteroatoms. The molecule has 0 radical (unpaired) electrons. The highest BCUT2D eigenvalue weighted by Gasteiger charge is 2.27. The van der Waals surface area contributed by atoms with Crippen LogP contribution in [0.2, 0.25) is 0 Å². The molecule has 1 aliphatic rings. The molecule has 3 N–H and O–H groups in total. The Balaban J connectivity index is 1.74. The zero-order valence-corrected chi connectivity index (χ0v) is 12.5. The summed E-state index contributed by atoms with van der Waals surface area (Å²) in [5.41, 5.74) is 7.98. The van der Waals surface area contributed by atoms with Crippen molar-refractivity contribution in [3.8, 4) is 11.3 Å². The number of benzene rings is 1. The topological polar surface area (TPSA) is 94.3 Å². The summed E-state index contributed by atoms with van der Waals surface area (Å²) in [6, 6.07) is 7.77. The molecule has 0 unspecified atom stereocenters. The summed E-state index contributed by atoms with van der Waals surface area (Å²) in [5.74, 6) is -0.211. The fraction of sp³-hybridized carbons (Fsp3) is 0.294. The number of nitrogens with two attached hydrogens (primary N) is 1. The summed E-state index contributed by atoms with van der Waals surface area (Å²) in [6.07, 6.45) is 5.86. The van der Waals surface area contributed by atoms with Crippen molar-refractivity contribution in [1.82, 2.24) is 10.5 Å². The van der Waals surface area contributed by atoms with Crippen LogP contribution in [0, 0.1) is 0 Å². The molecular weight excluding hydrogens is 294 g/mol. The van der Waals surface area contributed by atoms with Crippen molar-refractivity contribution in [2.45, 2.75) is 31.7 Å². The number of carbonyl (C=O) groups is 1. The van der Waals surface area contributed by atoms with Crippen LogP contribution in [0.3, 0.4) is 0 Å². The number of fused-ring (bicyclic) bond motifs is 1. The van der Waals surface area contributed by atoms with E-state index in [2.05, 4.69) is 10.5 Å². The third kappa shape index (κ3) is 2.36. The molecule has 1 aromatic carbocycles. The van der Waals surface area contributed by atoms with E-state index in [1.165, 1.54) is 0 Å². The molecule has 23 heavy (non-hydrogen) atoms. The number of nitrogens with zero attached hydrogens (tertiary/aromatic N) is 1. The Morgan fingerprint density at radius 1 is 1.26 bits per heavy atom. The van der Waals surface area contributed by atoms with Crippen LogP contribution in [-0.4, -0.2) is 17.1 Å². The number of furan rings is 1. The molecule has 6 nitrogen and oxygen atoms in total. The third-order valence-electron chi connectivity index (χ3n) is 4.37. The molecule has 2 heterocycles. The standard InChI is InChI=1S/C17H17N3O3/c18-16-14(17(21)19-10-5-1-2-6-10)15(20-23-16)12-9-22-13-8-4-3-7-11(12)13/h3-4,7-10H,1-2,5-6,18H2,(H,19,21). The van der Waals surface area contributed by atoms with Crippen LogP contribution in [0.1, 0.15) is 36.0 Å². The monoisotopic (exact) mass is 311 g/mol. The smallest absolute Gasteiger partial charge is 0.259 e. The molecule has 3 aromatic rings. The van der Waals surface area contributed by atoms with Gasteiger partial charge in [0.2, 0.25) is 5.88 Å². The van der Waals surface area contributed by atoms with E-state index in [4.69, 9.17) is 14.7 Å². The van der Waals surface area contributed by atoms with Crippen LogP contribution in [0.15, 0.2) is 39.5 Å². The van der Waals surface area contributed by atoms with Crippen LogP contribution >= 0.6 is 0 Å². The number of hydrogen-bond donors (Lipinski definition) is 2. The fourth-order valence-electron chi connectivity index (χ4n) is 3.19. The van der Waals surface area contributed by atoms with Crippen molar-refractivity contribution in [3.63, 3.8) is 0 Å². The van der Waals surface area contributed by atoms with Crippen molar-refractivity contribution in [2.75, 3.05) is 5.73 Å². The molecule has 4 rings (SSSR count). The lowest BCUT2D eigenvalue weighted by Gasteiger charge is -2.11. The zero-order chi connectivity index (χ0) is 15.8. The first-order valence-corrected chi connectivity index (χ1v) is 7.76. The van der Waals surface area contributed by atoms with Gasteiger partial charge in [-0.15, -0.1) is 0 Å². The minimum Gasteiger partial charge on any atom is -0.464 e. The highest BCUT2D eigenvalue weighted by molar-refractivity contribution is 6.07. The highest BCUT2D eigenvalue weighted by atomic mass is 16.5. The molecule has 1 fully saturated rings. The molecule has 2 aromatic heterocycles. The van der Waals surface area contributed by atoms with Gasteiger partial charge in [0.05, 0.1) is 5.56 Å². The summed E-state index contributed by atoms with van der Waals surface area (Å²) in [7, 11) is 0. The Hall–Kier alpha value is -2.76. The number of aromatic nitrogens is 1. The van der Waals surface area contributed by atoms with Crippen LogP contribution < -0.4 is 11.1 Å². The van der Waals surface area contributed by atoms with Gasteiger partial charge >= 0.3 is 0 Å². The molecule has 0 spiro atoms. The van der Waals surface area contributed by atoms with Gasteiger partial charge in [-0.05, 0) is 18.9 Å². The van der Waals surface area contributed by atoms with E-state index in [-0.39, 0.29) is 23.4 Å². The van der Waals surface area contributed by atoms with Gasteiger partial charge in [0, 0.05) is 11.4 Å². The summed E-state index contributed by atoms with van der Waals surface area (Å²) in [4.78, 5) is 12.6. The van der Waals surface area contributed by atoms with Crippen molar-refractivity contribution >= 4 is 22.8 Å². The van der Waals surface area contributed by atoms with Gasteiger partial charge in [-0.1, -0.05) is 36.2 Å². The van der Waals surface area contributed by atoms with Gasteiger partial charge in [0.25, 0.3) is 5.91 Å². The largest absolute Gasteiger partial charge is 0.464 e. The maximum Gasteiger partial charge on any atom is 0.259 e. The van der Waals surface area contributed by atoms with Crippen LogP contribution in [-0.2, 0) is 0 Å². The first kappa shape index (κ1) is 13.9. The van der Waals surface area contributed by atoms with Crippen LogP contribution in [0.25, 0.3) is 22.2 Å². The summed E-state index contributed by atoms with van der Waals surface area (Å²) in [5, 5.41) is 7.88. The summed E-state index contributed by atoms with van der Waals surface area (Å²) >= 11 is 0. The van der Waals surface area contributed by atoms with E-state index in [9.17, 15) is 4.79 Å². The average molecular weight is 311 g/mol. The van der Waals surface area contributed by atoms with E-state index in [0.29, 0.717) is 11.3 Å². The maximum atomic E-state index is 12.6. The van der Waals surface area contributed by atoms with Gasteiger partial charge in [0.15, 0.2) is 0 Å². The molecule has 0 aliphatic heterocycles. The Bertz CT molecular complexity index is 859. The third-order valence-corrected chi connectivity index (χ3v) is 4.37. The van der Waals surface area contributed by atoms with Gasteiger partial charge in [-0.3, -0.25) is 4.79 Å². The predicted molar refractivity (Wildman–Crippen MR) is 85.8 cm³/mol. The van der Waals surface area contributed by atoms with Gasteiger partial charge < -0.3 is 20.0 Å². The van der Waals surface area contributed by atoms with Crippen LogP contribution in [0.4, 0.5) is 5.88 Å². The minimum atomic E-state index is -0.240. The average Bonchev–Trinajstić information content (AvgIpc) is 3.26. The quantitative estimate of drug-likeness (QED) is 0.773. The molecule has 118 valence electrons. The predicted octanol–water partition coefficient (Wildman–Crippen LogP) is 3.34. The van der Waals surface area contributed by atoms with Gasteiger partial charge in [-0.2, -0.15) is 0 Å². The SMILES string of the molecule is Nc1onc(-c2coc3ccccc23)c1C(=O)NC1CCCC1. The number of nitrogens with one attached hydrogen (secondary N) is 1. The second-order valence-electron chi connectivity index (χ2n) is 5.87. The number of carbonyl (C=O) groups excluding carboxylic acids is 1. The molecule has 1 saturated carbocycles. The van der Waals surface area contributed by atoms with Crippen LogP contribution in [0.5, 0.6) is 0 Å². The number of para-hydroxylation sites is 1. The highest BCUT2D eigenvalue weighted by Crippen LogP contribution is 2.34. The molecule has 1 amide bonds. The molecule has 0 atom stereocenters. The summed E-state index contributed by atoms with van der Waals surface area (Å²) in [6.45, 7) is 0. The van der Waals surface area contributed by atoms with Gasteiger partial charge in [-0.25, -0.2) is 0 Å². The van der Waals surface area contributed by atoms with E-state index in [1.54, 1.807) is 6.26 Å². The van der Waals surface area contributed by atoms with Gasteiger partial charge in [0.1, 0.15) is 23.1 Å². The Morgan fingerprint density at radius 3 is 2.87 bits per heavy atom. The maximum absolute atomic E-state index is 12.6. The number of rotatable bonds is 3. The number of amides is 1. The fourth-order valence-corrected chi connectivity index (χ4v) is 3.19. The normalized spacial score (nSPS) is 15.3.